The van der Waals surface area contributed by atoms with Gasteiger partial charge in [-0.3, -0.25) is 0 Å². The van der Waals surface area contributed by atoms with Crippen LogP contribution >= 0.6 is 0 Å². The van der Waals surface area contributed by atoms with E-state index in [-0.39, 0.29) is 0 Å². The third-order valence-electron chi connectivity index (χ3n) is 2.55. The molecule has 0 aliphatic rings. The fourth-order valence-corrected chi connectivity index (χ4v) is 1.50. The highest BCUT2D eigenvalue weighted by Gasteiger charge is 2.54. The number of hydrogen-bond donors (Lipinski definition) is 1. The molecule has 16 heavy (non-hydrogen) atoms. The molecule has 5 heteroatoms. The normalized spacial score (nSPS) is 15.9. The monoisotopic (exact) mass is 236 g/mol. The molecule has 1 atom stereocenters. The summed E-state index contributed by atoms with van der Waals surface area (Å²) in [6.07, 6.45) is -5.52. The predicted molar refractivity (Wildman–Crippen MR) is 51.4 cm³/mol. The van der Waals surface area contributed by atoms with Crippen LogP contribution in [0.3, 0.4) is 0 Å². The van der Waals surface area contributed by atoms with Gasteiger partial charge in [-0.15, -0.1) is 0 Å². The summed E-state index contributed by atoms with van der Waals surface area (Å²) in [4.78, 5) is 0. The molecule has 0 saturated heterocycles. The van der Waals surface area contributed by atoms with Crippen LogP contribution in [-0.4, -0.2) is 11.3 Å². The van der Waals surface area contributed by atoms with Crippen molar-refractivity contribution in [2.24, 2.45) is 0 Å². The summed E-state index contributed by atoms with van der Waals surface area (Å²) in [6.45, 7) is 2.72. The Balaban J connectivity index is 3.34. The molecule has 1 aromatic carbocycles. The second-order valence-corrected chi connectivity index (χ2v) is 3.69. The molecule has 1 aromatic rings. The molecule has 0 aliphatic carbocycles. The van der Waals surface area contributed by atoms with Crippen LogP contribution in [0.25, 0.3) is 0 Å². The third kappa shape index (κ3) is 2.04. The van der Waals surface area contributed by atoms with Crippen LogP contribution in [0.1, 0.15) is 24.5 Å². The molecule has 0 spiro atoms. The minimum atomic E-state index is -4.89. The Morgan fingerprint density at radius 1 is 1.25 bits per heavy atom. The van der Waals surface area contributed by atoms with E-state index in [1.165, 1.54) is 6.07 Å². The van der Waals surface area contributed by atoms with E-state index in [1.54, 1.807) is 6.92 Å². The summed E-state index contributed by atoms with van der Waals surface area (Å²) in [5.41, 5.74) is -3.35. The van der Waals surface area contributed by atoms with Gasteiger partial charge in [-0.1, -0.05) is 19.1 Å². The smallest absolute Gasteiger partial charge is 0.376 e. The molecule has 0 saturated carbocycles. The molecule has 1 nitrogen and oxygen atoms in total. The van der Waals surface area contributed by atoms with Crippen molar-refractivity contribution < 1.29 is 22.7 Å². The highest BCUT2D eigenvalue weighted by molar-refractivity contribution is 5.29. The second kappa shape index (κ2) is 4.05. The van der Waals surface area contributed by atoms with Gasteiger partial charge in [0.15, 0.2) is 5.60 Å². The van der Waals surface area contributed by atoms with Crippen LogP contribution in [-0.2, 0) is 5.60 Å². The summed E-state index contributed by atoms with van der Waals surface area (Å²) in [5.74, 6) is -1.04. The first-order valence-corrected chi connectivity index (χ1v) is 4.78. The summed E-state index contributed by atoms with van der Waals surface area (Å²) >= 11 is 0. The minimum Gasteiger partial charge on any atom is -0.376 e. The van der Waals surface area contributed by atoms with Crippen LogP contribution in [0, 0.1) is 12.7 Å². The number of alkyl halides is 3. The summed E-state index contributed by atoms with van der Waals surface area (Å²) in [6, 6.07) is 3.29. The molecule has 1 rings (SSSR count). The zero-order valence-electron chi connectivity index (χ0n) is 8.90. The third-order valence-corrected chi connectivity index (χ3v) is 2.55. The predicted octanol–water partition coefficient (Wildman–Crippen LogP) is 3.29. The Bertz CT molecular complexity index is 386. The average molecular weight is 236 g/mol. The molecule has 0 fully saturated rings. The minimum absolute atomic E-state index is 0.502. The van der Waals surface area contributed by atoms with Crippen molar-refractivity contribution in [1.82, 2.24) is 0 Å². The van der Waals surface area contributed by atoms with Crippen molar-refractivity contribution in [1.29, 1.82) is 0 Å². The maximum Gasteiger partial charge on any atom is 0.421 e. The topological polar surface area (TPSA) is 20.2 Å². The van der Waals surface area contributed by atoms with Gasteiger partial charge < -0.3 is 5.11 Å². The lowest BCUT2D eigenvalue weighted by molar-refractivity contribution is -0.268. The van der Waals surface area contributed by atoms with E-state index in [4.69, 9.17) is 0 Å². The molecule has 1 unspecified atom stereocenters. The molecule has 0 heterocycles. The van der Waals surface area contributed by atoms with Crippen LogP contribution in [0.4, 0.5) is 17.6 Å². The van der Waals surface area contributed by atoms with Crippen molar-refractivity contribution in [2.45, 2.75) is 32.0 Å². The molecular formula is C11H12F4O. The Labute approximate surface area is 90.7 Å². The van der Waals surface area contributed by atoms with Gasteiger partial charge in [0.2, 0.25) is 0 Å². The van der Waals surface area contributed by atoms with Crippen LogP contribution in [0.2, 0.25) is 0 Å². The molecule has 0 amide bonds. The van der Waals surface area contributed by atoms with E-state index in [0.717, 1.165) is 19.1 Å². The number of aliphatic hydroxyl groups is 1. The van der Waals surface area contributed by atoms with Gasteiger partial charge in [-0.25, -0.2) is 4.39 Å². The number of rotatable bonds is 2. The molecule has 0 aromatic heterocycles. The average Bonchev–Trinajstić information content (AvgIpc) is 2.15. The summed E-state index contributed by atoms with van der Waals surface area (Å²) < 4.78 is 51.4. The fourth-order valence-electron chi connectivity index (χ4n) is 1.50. The van der Waals surface area contributed by atoms with E-state index in [0.29, 0.717) is 5.56 Å². The molecule has 0 radical (unpaired) electrons. The van der Waals surface area contributed by atoms with Crippen molar-refractivity contribution in [3.8, 4) is 0 Å². The largest absolute Gasteiger partial charge is 0.421 e. The maximum atomic E-state index is 13.4. The van der Waals surface area contributed by atoms with Gasteiger partial charge in [0.1, 0.15) is 5.82 Å². The van der Waals surface area contributed by atoms with Crippen molar-refractivity contribution in [3.63, 3.8) is 0 Å². The number of hydrogen-bond acceptors (Lipinski definition) is 1. The van der Waals surface area contributed by atoms with Gasteiger partial charge >= 0.3 is 6.18 Å². The standard InChI is InChI=1S/C11H12F4O/c1-3-10(16,11(13,14)15)8-5-4-7(2)6-9(8)12/h4-6,16H,3H2,1-2H3. The van der Waals surface area contributed by atoms with Crippen molar-refractivity contribution in [3.05, 3.63) is 35.1 Å². The number of aryl methyl sites for hydroxylation is 1. The van der Waals surface area contributed by atoms with Gasteiger partial charge in [-0.05, 0) is 25.0 Å². The zero-order chi connectivity index (χ0) is 12.6. The van der Waals surface area contributed by atoms with Crippen LogP contribution in [0.5, 0.6) is 0 Å². The van der Waals surface area contributed by atoms with Crippen LogP contribution < -0.4 is 0 Å². The zero-order valence-corrected chi connectivity index (χ0v) is 8.90. The Kier molecular flexibility index (Phi) is 3.28. The van der Waals surface area contributed by atoms with Gasteiger partial charge in [0.25, 0.3) is 0 Å². The van der Waals surface area contributed by atoms with E-state index in [1.807, 2.05) is 0 Å². The Morgan fingerprint density at radius 3 is 2.19 bits per heavy atom. The van der Waals surface area contributed by atoms with Gasteiger partial charge in [-0.2, -0.15) is 13.2 Å². The highest BCUT2D eigenvalue weighted by Crippen LogP contribution is 2.42. The van der Waals surface area contributed by atoms with E-state index in [2.05, 4.69) is 0 Å². The first kappa shape index (κ1) is 13.0. The van der Waals surface area contributed by atoms with Gasteiger partial charge in [0.05, 0.1) is 0 Å². The van der Waals surface area contributed by atoms with Crippen molar-refractivity contribution in [2.75, 3.05) is 0 Å². The summed E-state index contributed by atoms with van der Waals surface area (Å²) in [5, 5.41) is 9.53. The van der Waals surface area contributed by atoms with Gasteiger partial charge in [0, 0.05) is 5.56 Å². The lowest BCUT2D eigenvalue weighted by Crippen LogP contribution is -2.42. The number of halogens is 4. The van der Waals surface area contributed by atoms with E-state index < -0.39 is 29.6 Å². The number of benzene rings is 1. The summed E-state index contributed by atoms with van der Waals surface area (Å²) in [7, 11) is 0. The lowest BCUT2D eigenvalue weighted by Gasteiger charge is -2.30. The molecule has 0 aliphatic heterocycles. The SMILES string of the molecule is CCC(O)(c1ccc(C)cc1F)C(F)(F)F. The highest BCUT2D eigenvalue weighted by atomic mass is 19.4. The van der Waals surface area contributed by atoms with Crippen molar-refractivity contribution >= 4 is 0 Å². The maximum absolute atomic E-state index is 13.4. The molecular weight excluding hydrogens is 224 g/mol. The first-order chi connectivity index (χ1) is 7.22. The quantitative estimate of drug-likeness (QED) is 0.781. The molecule has 0 bridgehead atoms. The van der Waals surface area contributed by atoms with Crippen LogP contribution in [0.15, 0.2) is 18.2 Å². The molecule has 90 valence electrons. The Morgan fingerprint density at radius 2 is 1.81 bits per heavy atom. The lowest BCUT2D eigenvalue weighted by atomic mass is 9.89. The van der Waals surface area contributed by atoms with E-state index in [9.17, 15) is 22.7 Å². The molecule has 1 N–H and O–H groups in total. The first-order valence-electron chi connectivity index (χ1n) is 4.78. The fraction of sp³-hybridized carbons (Fsp3) is 0.455. The second-order valence-electron chi connectivity index (χ2n) is 3.69. The Hall–Kier alpha value is -1.10. The van der Waals surface area contributed by atoms with E-state index >= 15 is 0 Å².